The Hall–Kier alpha value is -3.87. The molecular formula is C23H21N3O4. The minimum Gasteiger partial charge on any atom is -0.467 e. The van der Waals surface area contributed by atoms with E-state index in [0.717, 1.165) is 15.7 Å². The lowest BCUT2D eigenvalue weighted by molar-refractivity contribution is -0.116. The number of carbonyl (C=O) groups is 1. The number of para-hydroxylation sites is 1. The predicted octanol–water partition coefficient (Wildman–Crippen LogP) is 3.06. The van der Waals surface area contributed by atoms with E-state index in [2.05, 4.69) is 5.32 Å². The van der Waals surface area contributed by atoms with Gasteiger partial charge in [-0.15, -0.1) is 0 Å². The first-order chi connectivity index (χ1) is 14.4. The van der Waals surface area contributed by atoms with Gasteiger partial charge in [0.1, 0.15) is 12.3 Å². The van der Waals surface area contributed by atoms with E-state index in [1.807, 2.05) is 32.0 Å². The molecule has 2 heterocycles. The fourth-order valence-electron chi connectivity index (χ4n) is 3.43. The average Bonchev–Trinajstić information content (AvgIpc) is 3.24. The molecule has 1 N–H and O–H groups in total. The third-order valence-electron chi connectivity index (χ3n) is 5.00. The Kier molecular flexibility index (Phi) is 5.10. The van der Waals surface area contributed by atoms with Crippen molar-refractivity contribution < 1.29 is 9.21 Å². The number of rotatable bonds is 5. The number of nitrogens with zero attached hydrogens (tertiary/aromatic N) is 2. The standard InChI is InChI=1S/C23H21N3O4/c1-15-9-10-16(2)19(12-15)24-21(27)14-25-20-8-4-3-7-18(20)22(28)26(23(25)29)13-17-6-5-11-30-17/h3-12H,13-14H2,1-2H3,(H,24,27). The molecule has 0 saturated heterocycles. The molecule has 0 spiro atoms. The largest absolute Gasteiger partial charge is 0.467 e. The Labute approximate surface area is 172 Å². The molecule has 7 nitrogen and oxygen atoms in total. The van der Waals surface area contributed by atoms with Gasteiger partial charge in [-0.1, -0.05) is 24.3 Å². The zero-order valence-electron chi connectivity index (χ0n) is 16.7. The van der Waals surface area contributed by atoms with Crippen molar-refractivity contribution in [1.82, 2.24) is 9.13 Å². The summed E-state index contributed by atoms with van der Waals surface area (Å²) in [6, 6.07) is 15.9. The zero-order chi connectivity index (χ0) is 21.3. The highest BCUT2D eigenvalue weighted by Crippen LogP contribution is 2.16. The molecule has 4 rings (SSSR count). The van der Waals surface area contributed by atoms with Crippen LogP contribution in [0.1, 0.15) is 16.9 Å². The van der Waals surface area contributed by atoms with E-state index in [-0.39, 0.29) is 19.0 Å². The van der Waals surface area contributed by atoms with Gasteiger partial charge in [0.2, 0.25) is 5.91 Å². The Morgan fingerprint density at radius 3 is 2.57 bits per heavy atom. The second-order valence-electron chi connectivity index (χ2n) is 7.22. The monoisotopic (exact) mass is 403 g/mol. The van der Waals surface area contributed by atoms with Crippen molar-refractivity contribution in [3.05, 3.63) is 98.6 Å². The van der Waals surface area contributed by atoms with Crippen molar-refractivity contribution in [1.29, 1.82) is 0 Å². The number of nitrogens with one attached hydrogen (secondary N) is 1. The van der Waals surface area contributed by atoms with Crippen LogP contribution in [0, 0.1) is 13.8 Å². The van der Waals surface area contributed by atoms with Gasteiger partial charge >= 0.3 is 5.69 Å². The highest BCUT2D eigenvalue weighted by Gasteiger charge is 2.16. The van der Waals surface area contributed by atoms with Crippen LogP contribution in [0.15, 0.2) is 74.9 Å². The lowest BCUT2D eigenvalue weighted by atomic mass is 10.1. The first kappa shape index (κ1) is 19.4. The van der Waals surface area contributed by atoms with E-state index >= 15 is 0 Å². The highest BCUT2D eigenvalue weighted by atomic mass is 16.3. The minimum absolute atomic E-state index is 0.00585. The number of hydrogen-bond donors (Lipinski definition) is 1. The Balaban J connectivity index is 1.76. The summed E-state index contributed by atoms with van der Waals surface area (Å²) in [7, 11) is 0. The van der Waals surface area contributed by atoms with E-state index < -0.39 is 11.2 Å². The summed E-state index contributed by atoms with van der Waals surface area (Å²) >= 11 is 0. The van der Waals surface area contributed by atoms with Gasteiger partial charge in [-0.2, -0.15) is 0 Å². The SMILES string of the molecule is Cc1ccc(C)c(NC(=O)Cn2c(=O)n(Cc3ccco3)c(=O)c3ccccc32)c1. The van der Waals surface area contributed by atoms with Crippen molar-refractivity contribution in [3.63, 3.8) is 0 Å². The molecule has 0 atom stereocenters. The molecule has 0 radical (unpaired) electrons. The third-order valence-corrected chi connectivity index (χ3v) is 5.00. The highest BCUT2D eigenvalue weighted by molar-refractivity contribution is 5.92. The van der Waals surface area contributed by atoms with E-state index in [1.165, 1.54) is 10.8 Å². The number of hydrogen-bond acceptors (Lipinski definition) is 4. The summed E-state index contributed by atoms with van der Waals surface area (Å²) in [4.78, 5) is 38.8. The molecule has 2 aromatic carbocycles. The van der Waals surface area contributed by atoms with Crippen LogP contribution in [-0.2, 0) is 17.9 Å². The van der Waals surface area contributed by atoms with Crippen molar-refractivity contribution in [3.8, 4) is 0 Å². The summed E-state index contributed by atoms with van der Waals surface area (Å²) in [5, 5.41) is 3.23. The lowest BCUT2D eigenvalue weighted by Gasteiger charge is -2.14. The first-order valence-electron chi connectivity index (χ1n) is 9.56. The Morgan fingerprint density at radius 1 is 1.00 bits per heavy atom. The number of amides is 1. The lowest BCUT2D eigenvalue weighted by Crippen LogP contribution is -2.42. The molecule has 30 heavy (non-hydrogen) atoms. The summed E-state index contributed by atoms with van der Waals surface area (Å²) in [5.41, 5.74) is 2.07. The normalized spacial score (nSPS) is 11.0. The maximum Gasteiger partial charge on any atom is 0.332 e. The number of furan rings is 1. The molecule has 2 aromatic heterocycles. The number of anilines is 1. The van der Waals surface area contributed by atoms with Gasteiger partial charge in [-0.05, 0) is 55.3 Å². The quantitative estimate of drug-likeness (QED) is 0.555. The predicted molar refractivity (Wildman–Crippen MR) is 115 cm³/mol. The van der Waals surface area contributed by atoms with Gasteiger partial charge in [-0.3, -0.25) is 18.7 Å². The number of benzene rings is 2. The van der Waals surface area contributed by atoms with Crippen LogP contribution in [0.4, 0.5) is 5.69 Å². The van der Waals surface area contributed by atoms with Crippen LogP contribution < -0.4 is 16.6 Å². The molecule has 0 aliphatic rings. The van der Waals surface area contributed by atoms with Crippen LogP contribution in [0.25, 0.3) is 10.9 Å². The summed E-state index contributed by atoms with van der Waals surface area (Å²) < 4.78 is 7.71. The van der Waals surface area contributed by atoms with Gasteiger partial charge in [0.25, 0.3) is 5.56 Å². The molecule has 0 aliphatic carbocycles. The third kappa shape index (κ3) is 3.69. The van der Waals surface area contributed by atoms with E-state index in [1.54, 1.807) is 36.4 Å². The molecule has 0 aliphatic heterocycles. The van der Waals surface area contributed by atoms with Crippen molar-refractivity contribution >= 4 is 22.5 Å². The summed E-state index contributed by atoms with van der Waals surface area (Å²) in [6.45, 7) is 3.62. The fourth-order valence-corrected chi connectivity index (χ4v) is 3.43. The molecule has 0 unspecified atom stereocenters. The van der Waals surface area contributed by atoms with E-state index in [0.29, 0.717) is 22.4 Å². The van der Waals surface area contributed by atoms with Crippen molar-refractivity contribution in [2.24, 2.45) is 0 Å². The van der Waals surface area contributed by atoms with Crippen LogP contribution in [0.3, 0.4) is 0 Å². The summed E-state index contributed by atoms with van der Waals surface area (Å²) in [6.07, 6.45) is 1.48. The average molecular weight is 403 g/mol. The van der Waals surface area contributed by atoms with E-state index in [4.69, 9.17) is 4.42 Å². The van der Waals surface area contributed by atoms with Crippen molar-refractivity contribution in [2.45, 2.75) is 26.9 Å². The van der Waals surface area contributed by atoms with Crippen molar-refractivity contribution in [2.75, 3.05) is 5.32 Å². The fraction of sp³-hybridized carbons (Fsp3) is 0.174. The molecule has 7 heteroatoms. The number of aromatic nitrogens is 2. The minimum atomic E-state index is -0.564. The van der Waals surface area contributed by atoms with Crippen LogP contribution in [0.5, 0.6) is 0 Å². The molecule has 0 bridgehead atoms. The molecular weight excluding hydrogens is 382 g/mol. The second kappa shape index (κ2) is 7.87. The van der Waals surface area contributed by atoms with Gasteiger partial charge in [0, 0.05) is 5.69 Å². The molecule has 1 amide bonds. The number of carbonyl (C=O) groups excluding carboxylic acids is 1. The molecule has 0 fully saturated rings. The van der Waals surface area contributed by atoms with Gasteiger partial charge in [-0.25, -0.2) is 4.79 Å². The maximum atomic E-state index is 13.1. The summed E-state index contributed by atoms with van der Waals surface area (Å²) in [5.74, 6) is 0.134. The topological polar surface area (TPSA) is 86.2 Å². The maximum absolute atomic E-state index is 13.1. The molecule has 4 aromatic rings. The smallest absolute Gasteiger partial charge is 0.332 e. The van der Waals surface area contributed by atoms with Crippen LogP contribution in [-0.4, -0.2) is 15.0 Å². The van der Waals surface area contributed by atoms with Gasteiger partial charge in [0.05, 0.1) is 23.7 Å². The van der Waals surface area contributed by atoms with Crippen LogP contribution in [0.2, 0.25) is 0 Å². The number of aryl methyl sites for hydroxylation is 2. The van der Waals surface area contributed by atoms with Gasteiger partial charge < -0.3 is 9.73 Å². The Morgan fingerprint density at radius 2 is 1.80 bits per heavy atom. The van der Waals surface area contributed by atoms with Gasteiger partial charge in [0.15, 0.2) is 0 Å². The Bertz CT molecular complexity index is 1350. The van der Waals surface area contributed by atoms with Crippen LogP contribution >= 0.6 is 0 Å². The zero-order valence-corrected chi connectivity index (χ0v) is 16.7. The number of fused-ring (bicyclic) bond motifs is 1. The first-order valence-corrected chi connectivity index (χ1v) is 9.56. The molecule has 0 saturated carbocycles. The van der Waals surface area contributed by atoms with E-state index in [9.17, 15) is 14.4 Å². The second-order valence-corrected chi connectivity index (χ2v) is 7.22. The molecule has 152 valence electrons.